The third kappa shape index (κ3) is 4.40. The molecule has 0 unspecified atom stereocenters. The first-order chi connectivity index (χ1) is 8.69. The summed E-state index contributed by atoms with van der Waals surface area (Å²) in [6.07, 6.45) is 0.472. The van der Waals surface area contributed by atoms with E-state index in [-0.39, 0.29) is 12.6 Å². The number of rotatable bonds is 4. The van der Waals surface area contributed by atoms with Crippen molar-refractivity contribution in [2.45, 2.75) is 19.9 Å². The highest BCUT2D eigenvalue weighted by atomic mass is 32.1. The maximum Gasteiger partial charge on any atom is 0.317 e. The topological polar surface area (TPSA) is 52.6 Å². The van der Waals surface area contributed by atoms with E-state index in [2.05, 4.69) is 17.2 Å². The molecule has 0 radical (unpaired) electrons. The van der Waals surface area contributed by atoms with Crippen LogP contribution in [0.25, 0.3) is 0 Å². The molecular formula is C13H18N2O2S. The standard InChI is InChI=1S/C13H18N2O2S/c1-3-15(2)13(17)14-10-12-11(7-9-18-12)6-4-5-8-16/h7,9,16H,3,5,8,10H2,1-2H3,(H,14,17). The van der Waals surface area contributed by atoms with Crippen LogP contribution in [0.15, 0.2) is 11.4 Å². The zero-order chi connectivity index (χ0) is 13.4. The number of aliphatic hydroxyl groups is 1. The van der Waals surface area contributed by atoms with Crippen molar-refractivity contribution in [3.63, 3.8) is 0 Å². The van der Waals surface area contributed by atoms with Gasteiger partial charge in [-0.05, 0) is 18.4 Å². The third-order valence-electron chi connectivity index (χ3n) is 2.43. The lowest BCUT2D eigenvalue weighted by Gasteiger charge is -2.15. The highest BCUT2D eigenvalue weighted by Gasteiger charge is 2.07. The number of hydrogen-bond donors (Lipinski definition) is 2. The molecule has 1 rings (SSSR count). The highest BCUT2D eigenvalue weighted by molar-refractivity contribution is 7.10. The van der Waals surface area contributed by atoms with Gasteiger partial charge in [0.25, 0.3) is 0 Å². The fourth-order valence-corrected chi connectivity index (χ4v) is 2.01. The van der Waals surface area contributed by atoms with Gasteiger partial charge in [-0.15, -0.1) is 11.3 Å². The lowest BCUT2D eigenvalue weighted by Crippen LogP contribution is -2.36. The predicted molar refractivity (Wildman–Crippen MR) is 73.4 cm³/mol. The summed E-state index contributed by atoms with van der Waals surface area (Å²) in [6.45, 7) is 3.17. The first-order valence-electron chi connectivity index (χ1n) is 5.84. The molecule has 1 heterocycles. The van der Waals surface area contributed by atoms with Crippen molar-refractivity contribution in [3.05, 3.63) is 21.9 Å². The van der Waals surface area contributed by atoms with Crippen LogP contribution in [0.1, 0.15) is 23.8 Å². The van der Waals surface area contributed by atoms with E-state index in [4.69, 9.17) is 5.11 Å². The fraction of sp³-hybridized carbons (Fsp3) is 0.462. The minimum absolute atomic E-state index is 0.0739. The monoisotopic (exact) mass is 266 g/mol. The maximum absolute atomic E-state index is 11.6. The van der Waals surface area contributed by atoms with E-state index in [9.17, 15) is 4.79 Å². The molecule has 0 spiro atoms. The van der Waals surface area contributed by atoms with E-state index in [1.54, 1.807) is 23.3 Å². The highest BCUT2D eigenvalue weighted by Crippen LogP contribution is 2.15. The van der Waals surface area contributed by atoms with Crippen LogP contribution in [-0.4, -0.2) is 36.2 Å². The van der Waals surface area contributed by atoms with Crippen molar-refractivity contribution in [2.24, 2.45) is 0 Å². The SMILES string of the molecule is CCN(C)C(=O)NCc1sccc1C#CCCO. The lowest BCUT2D eigenvalue weighted by molar-refractivity contribution is 0.210. The summed E-state index contributed by atoms with van der Waals surface area (Å²) in [5.74, 6) is 5.88. The fourth-order valence-electron chi connectivity index (χ4n) is 1.24. The van der Waals surface area contributed by atoms with Crippen molar-refractivity contribution in [2.75, 3.05) is 20.2 Å². The number of carbonyl (C=O) groups excluding carboxylic acids is 1. The molecule has 0 saturated carbocycles. The Kier molecular flexibility index (Phi) is 6.26. The molecule has 18 heavy (non-hydrogen) atoms. The van der Waals surface area contributed by atoms with Gasteiger partial charge >= 0.3 is 6.03 Å². The minimum Gasteiger partial charge on any atom is -0.395 e. The summed E-state index contributed by atoms with van der Waals surface area (Å²) in [5.41, 5.74) is 0.924. The van der Waals surface area contributed by atoms with Gasteiger partial charge in [0.05, 0.1) is 13.2 Å². The molecule has 4 nitrogen and oxygen atoms in total. The summed E-state index contributed by atoms with van der Waals surface area (Å²) in [5, 5.41) is 13.5. The number of aliphatic hydroxyl groups excluding tert-OH is 1. The van der Waals surface area contributed by atoms with E-state index >= 15 is 0 Å². The van der Waals surface area contributed by atoms with Crippen LogP contribution in [0.4, 0.5) is 4.79 Å². The van der Waals surface area contributed by atoms with Crippen molar-refractivity contribution in [1.82, 2.24) is 10.2 Å². The molecule has 0 bridgehead atoms. The summed E-state index contributed by atoms with van der Waals surface area (Å²) in [4.78, 5) is 14.2. The molecule has 2 N–H and O–H groups in total. The lowest BCUT2D eigenvalue weighted by atomic mass is 10.2. The number of thiophene rings is 1. The van der Waals surface area contributed by atoms with Crippen LogP contribution in [0.2, 0.25) is 0 Å². The Labute approximate surface area is 112 Å². The van der Waals surface area contributed by atoms with Gasteiger partial charge in [-0.25, -0.2) is 4.79 Å². The van der Waals surface area contributed by atoms with E-state index in [0.717, 1.165) is 10.4 Å². The second-order valence-electron chi connectivity index (χ2n) is 3.71. The van der Waals surface area contributed by atoms with Crippen LogP contribution < -0.4 is 5.32 Å². The number of amides is 2. The third-order valence-corrected chi connectivity index (χ3v) is 3.35. The van der Waals surface area contributed by atoms with E-state index < -0.39 is 0 Å². The average molecular weight is 266 g/mol. The molecule has 98 valence electrons. The van der Waals surface area contributed by atoms with Gasteiger partial charge in [-0.2, -0.15) is 0 Å². The smallest absolute Gasteiger partial charge is 0.317 e. The van der Waals surface area contributed by atoms with Gasteiger partial charge in [-0.3, -0.25) is 0 Å². The zero-order valence-electron chi connectivity index (χ0n) is 10.7. The quantitative estimate of drug-likeness (QED) is 0.814. The number of urea groups is 1. The van der Waals surface area contributed by atoms with Gasteiger partial charge in [0, 0.05) is 30.5 Å². The van der Waals surface area contributed by atoms with Gasteiger partial charge in [0.2, 0.25) is 0 Å². The Morgan fingerprint density at radius 2 is 2.39 bits per heavy atom. The van der Waals surface area contributed by atoms with Gasteiger partial charge in [-0.1, -0.05) is 11.8 Å². The molecule has 5 heteroatoms. The molecule has 0 aliphatic heterocycles. The van der Waals surface area contributed by atoms with Crippen LogP contribution in [0.3, 0.4) is 0 Å². The molecule has 1 aromatic rings. The maximum atomic E-state index is 11.6. The Balaban J connectivity index is 2.56. The normalized spacial score (nSPS) is 9.50. The largest absolute Gasteiger partial charge is 0.395 e. The van der Waals surface area contributed by atoms with Crippen molar-refractivity contribution in [3.8, 4) is 11.8 Å². The molecule has 0 atom stereocenters. The van der Waals surface area contributed by atoms with Gasteiger partial charge in [0.15, 0.2) is 0 Å². The van der Waals surface area contributed by atoms with Crippen molar-refractivity contribution < 1.29 is 9.90 Å². The number of carbonyl (C=O) groups is 1. The average Bonchev–Trinajstić information content (AvgIpc) is 2.83. The Hall–Kier alpha value is -1.51. The van der Waals surface area contributed by atoms with Crippen LogP contribution in [0, 0.1) is 11.8 Å². The van der Waals surface area contributed by atoms with Crippen LogP contribution >= 0.6 is 11.3 Å². The molecule has 0 aromatic carbocycles. The Morgan fingerprint density at radius 1 is 1.61 bits per heavy atom. The zero-order valence-corrected chi connectivity index (χ0v) is 11.5. The van der Waals surface area contributed by atoms with E-state index in [1.807, 2.05) is 18.4 Å². The Morgan fingerprint density at radius 3 is 3.06 bits per heavy atom. The van der Waals surface area contributed by atoms with Gasteiger partial charge < -0.3 is 15.3 Å². The molecular weight excluding hydrogens is 248 g/mol. The molecule has 0 fully saturated rings. The molecule has 0 saturated heterocycles. The molecule has 1 aromatic heterocycles. The second kappa shape index (κ2) is 7.75. The number of nitrogens with one attached hydrogen (secondary N) is 1. The predicted octanol–water partition coefficient (Wildman–Crippen LogP) is 1.64. The minimum atomic E-state index is -0.0832. The summed E-state index contributed by atoms with van der Waals surface area (Å²) in [7, 11) is 1.76. The van der Waals surface area contributed by atoms with Crippen molar-refractivity contribution >= 4 is 17.4 Å². The van der Waals surface area contributed by atoms with E-state index in [1.165, 1.54) is 0 Å². The van der Waals surface area contributed by atoms with Crippen LogP contribution in [0.5, 0.6) is 0 Å². The summed E-state index contributed by atoms with van der Waals surface area (Å²) >= 11 is 1.57. The Bertz CT molecular complexity index is 445. The number of nitrogens with zero attached hydrogens (tertiary/aromatic N) is 1. The molecule has 0 aliphatic rings. The summed E-state index contributed by atoms with van der Waals surface area (Å²) in [6, 6.07) is 1.85. The second-order valence-corrected chi connectivity index (χ2v) is 4.71. The molecule has 2 amide bonds. The first kappa shape index (κ1) is 14.6. The van der Waals surface area contributed by atoms with Crippen LogP contribution in [-0.2, 0) is 6.54 Å². The summed E-state index contributed by atoms with van der Waals surface area (Å²) < 4.78 is 0. The molecule has 0 aliphatic carbocycles. The number of hydrogen-bond acceptors (Lipinski definition) is 3. The van der Waals surface area contributed by atoms with E-state index in [0.29, 0.717) is 19.5 Å². The van der Waals surface area contributed by atoms with Crippen molar-refractivity contribution in [1.29, 1.82) is 0 Å². The van der Waals surface area contributed by atoms with Gasteiger partial charge in [0.1, 0.15) is 0 Å². The first-order valence-corrected chi connectivity index (χ1v) is 6.72.